The summed E-state index contributed by atoms with van der Waals surface area (Å²) in [6.07, 6.45) is 0.395. The van der Waals surface area contributed by atoms with Crippen LogP contribution >= 0.6 is 0 Å². The highest BCUT2D eigenvalue weighted by molar-refractivity contribution is 6.10. The highest BCUT2D eigenvalue weighted by atomic mass is 16.5. The number of hydrogen-bond acceptors (Lipinski definition) is 4. The summed E-state index contributed by atoms with van der Waals surface area (Å²) in [5.74, 6) is -0.435. The summed E-state index contributed by atoms with van der Waals surface area (Å²) < 4.78 is 5.11. The van der Waals surface area contributed by atoms with E-state index in [1.165, 1.54) is 0 Å². The lowest BCUT2D eigenvalue weighted by molar-refractivity contribution is -0.118. The average Bonchev–Trinajstić information content (AvgIpc) is 2.83. The van der Waals surface area contributed by atoms with Crippen molar-refractivity contribution in [1.29, 1.82) is 0 Å². The van der Waals surface area contributed by atoms with Crippen LogP contribution in [0.4, 0.5) is 11.4 Å². The van der Waals surface area contributed by atoms with Gasteiger partial charge in [-0.25, -0.2) is 0 Å². The molecule has 0 bridgehead atoms. The Morgan fingerprint density at radius 2 is 1.47 bits per heavy atom. The van der Waals surface area contributed by atoms with E-state index in [2.05, 4.69) is 16.0 Å². The van der Waals surface area contributed by atoms with Gasteiger partial charge in [-0.3, -0.25) is 14.4 Å². The number of nitrogens with one attached hydrogen (secondary N) is 3. The van der Waals surface area contributed by atoms with Crippen LogP contribution in [0.15, 0.2) is 78.9 Å². The Hall–Kier alpha value is -4.13. The highest BCUT2D eigenvalue weighted by Gasteiger charge is 2.22. The molecule has 0 aromatic heterocycles. The Bertz CT molecular complexity index is 1080. The van der Waals surface area contributed by atoms with Crippen molar-refractivity contribution in [3.8, 4) is 5.75 Å². The van der Waals surface area contributed by atoms with Crippen molar-refractivity contribution in [2.75, 3.05) is 17.7 Å². The van der Waals surface area contributed by atoms with E-state index in [0.29, 0.717) is 29.1 Å². The van der Waals surface area contributed by atoms with Crippen LogP contribution in [-0.2, 0) is 4.79 Å². The fraction of sp³-hybridized carbons (Fsp3) is 0.160. The zero-order valence-corrected chi connectivity index (χ0v) is 17.9. The summed E-state index contributed by atoms with van der Waals surface area (Å²) >= 11 is 0. The van der Waals surface area contributed by atoms with Gasteiger partial charge in [0, 0.05) is 11.3 Å². The van der Waals surface area contributed by atoms with Crippen molar-refractivity contribution in [3.05, 3.63) is 90.0 Å². The molecule has 3 aromatic carbocycles. The standard InChI is InChI=1S/C25H25N3O4/c1-3-21(25(31)26-18-13-15-19(32-2)16-14-18)27-24(30)20-11-7-8-12-22(20)28-23(29)17-9-5-4-6-10-17/h4-16,21H,3H2,1-2H3,(H,26,31)(H,27,30)(H,28,29)/t21-/m0/s1. The number of methoxy groups -OCH3 is 1. The first-order chi connectivity index (χ1) is 15.5. The Morgan fingerprint density at radius 1 is 0.812 bits per heavy atom. The lowest BCUT2D eigenvalue weighted by Gasteiger charge is -2.18. The molecular weight excluding hydrogens is 406 g/mol. The molecule has 0 aliphatic carbocycles. The monoisotopic (exact) mass is 431 g/mol. The highest BCUT2D eigenvalue weighted by Crippen LogP contribution is 2.18. The third kappa shape index (κ3) is 5.72. The van der Waals surface area contributed by atoms with E-state index < -0.39 is 11.9 Å². The predicted molar refractivity (Wildman–Crippen MR) is 124 cm³/mol. The summed E-state index contributed by atoms with van der Waals surface area (Å²) in [7, 11) is 1.57. The third-order valence-electron chi connectivity index (χ3n) is 4.84. The number of anilines is 2. The zero-order valence-electron chi connectivity index (χ0n) is 17.9. The molecule has 7 heteroatoms. The third-order valence-corrected chi connectivity index (χ3v) is 4.84. The largest absolute Gasteiger partial charge is 0.497 e. The maximum absolute atomic E-state index is 12.9. The van der Waals surface area contributed by atoms with Gasteiger partial charge in [-0.1, -0.05) is 37.3 Å². The van der Waals surface area contributed by atoms with Gasteiger partial charge in [0.25, 0.3) is 11.8 Å². The second-order valence-electron chi connectivity index (χ2n) is 7.02. The van der Waals surface area contributed by atoms with E-state index in [-0.39, 0.29) is 17.4 Å². The second-order valence-corrected chi connectivity index (χ2v) is 7.02. The summed E-state index contributed by atoms with van der Waals surface area (Å²) in [6.45, 7) is 1.81. The van der Waals surface area contributed by atoms with Crippen molar-refractivity contribution in [2.45, 2.75) is 19.4 Å². The number of hydrogen-bond donors (Lipinski definition) is 3. The second kappa shape index (κ2) is 10.8. The van der Waals surface area contributed by atoms with Crippen LogP contribution in [0, 0.1) is 0 Å². The first-order valence-corrected chi connectivity index (χ1v) is 10.2. The number of rotatable bonds is 8. The topological polar surface area (TPSA) is 96.5 Å². The Kier molecular flexibility index (Phi) is 7.59. The van der Waals surface area contributed by atoms with Crippen LogP contribution in [0.3, 0.4) is 0 Å². The summed E-state index contributed by atoms with van der Waals surface area (Å²) in [4.78, 5) is 38.1. The maximum Gasteiger partial charge on any atom is 0.255 e. The van der Waals surface area contributed by atoms with Gasteiger partial charge in [0.15, 0.2) is 0 Å². The Morgan fingerprint density at radius 3 is 2.12 bits per heavy atom. The van der Waals surface area contributed by atoms with Gasteiger partial charge < -0.3 is 20.7 Å². The average molecular weight is 431 g/mol. The molecule has 0 aliphatic heterocycles. The van der Waals surface area contributed by atoms with Crippen LogP contribution in [-0.4, -0.2) is 30.9 Å². The van der Waals surface area contributed by atoms with E-state index >= 15 is 0 Å². The van der Waals surface area contributed by atoms with Gasteiger partial charge in [-0.05, 0) is 55.0 Å². The normalized spacial score (nSPS) is 11.2. The number of benzene rings is 3. The summed E-state index contributed by atoms with van der Waals surface area (Å²) in [6, 6.07) is 21.6. The molecule has 3 amide bonds. The smallest absolute Gasteiger partial charge is 0.255 e. The number of carbonyl (C=O) groups is 3. The van der Waals surface area contributed by atoms with Crippen LogP contribution in [0.5, 0.6) is 5.75 Å². The SMILES string of the molecule is CC[C@H](NC(=O)c1ccccc1NC(=O)c1ccccc1)C(=O)Nc1ccc(OC)cc1. The van der Waals surface area contributed by atoms with Crippen molar-refractivity contribution in [2.24, 2.45) is 0 Å². The van der Waals surface area contributed by atoms with E-state index in [9.17, 15) is 14.4 Å². The van der Waals surface area contributed by atoms with E-state index in [1.54, 1.807) is 79.9 Å². The van der Waals surface area contributed by atoms with E-state index in [0.717, 1.165) is 0 Å². The molecule has 0 saturated carbocycles. The van der Waals surface area contributed by atoms with Crippen molar-refractivity contribution >= 4 is 29.1 Å². The number of carbonyl (C=O) groups excluding carboxylic acids is 3. The molecule has 0 aliphatic rings. The minimum atomic E-state index is -0.748. The lowest BCUT2D eigenvalue weighted by Crippen LogP contribution is -2.43. The molecule has 0 radical (unpaired) electrons. The van der Waals surface area contributed by atoms with Gasteiger partial charge in [0.2, 0.25) is 5.91 Å². The maximum atomic E-state index is 12.9. The molecule has 3 rings (SSSR count). The predicted octanol–water partition coefficient (Wildman–Crippen LogP) is 4.09. The molecule has 0 saturated heterocycles. The first kappa shape index (κ1) is 22.6. The van der Waals surface area contributed by atoms with Gasteiger partial charge in [0.1, 0.15) is 11.8 Å². The molecule has 0 heterocycles. The van der Waals surface area contributed by atoms with Gasteiger partial charge in [-0.15, -0.1) is 0 Å². The van der Waals surface area contributed by atoms with E-state index in [4.69, 9.17) is 4.74 Å². The van der Waals surface area contributed by atoms with Crippen molar-refractivity contribution < 1.29 is 19.1 Å². The van der Waals surface area contributed by atoms with Crippen LogP contribution < -0.4 is 20.7 Å². The fourth-order valence-electron chi connectivity index (χ4n) is 3.07. The van der Waals surface area contributed by atoms with Crippen LogP contribution in [0.1, 0.15) is 34.1 Å². The van der Waals surface area contributed by atoms with Crippen molar-refractivity contribution in [1.82, 2.24) is 5.32 Å². The molecule has 1 atom stereocenters. The van der Waals surface area contributed by atoms with Crippen LogP contribution in [0.2, 0.25) is 0 Å². The molecule has 3 aromatic rings. The molecule has 0 unspecified atom stereocenters. The number of amides is 3. The van der Waals surface area contributed by atoms with Crippen molar-refractivity contribution in [3.63, 3.8) is 0 Å². The number of ether oxygens (including phenoxy) is 1. The van der Waals surface area contributed by atoms with E-state index in [1.807, 2.05) is 13.0 Å². The molecule has 0 spiro atoms. The van der Waals surface area contributed by atoms with Crippen LogP contribution in [0.25, 0.3) is 0 Å². The molecule has 7 nitrogen and oxygen atoms in total. The first-order valence-electron chi connectivity index (χ1n) is 10.2. The molecule has 32 heavy (non-hydrogen) atoms. The minimum Gasteiger partial charge on any atom is -0.497 e. The fourth-order valence-corrected chi connectivity index (χ4v) is 3.07. The quantitative estimate of drug-likeness (QED) is 0.500. The van der Waals surface area contributed by atoms with Gasteiger partial charge in [-0.2, -0.15) is 0 Å². The van der Waals surface area contributed by atoms with Gasteiger partial charge >= 0.3 is 0 Å². The van der Waals surface area contributed by atoms with Gasteiger partial charge in [0.05, 0.1) is 18.4 Å². The Balaban J connectivity index is 1.69. The number of para-hydroxylation sites is 1. The molecule has 0 fully saturated rings. The molecule has 3 N–H and O–H groups in total. The minimum absolute atomic E-state index is 0.271. The Labute approximate surface area is 186 Å². The summed E-state index contributed by atoms with van der Waals surface area (Å²) in [5.41, 5.74) is 1.71. The zero-order chi connectivity index (χ0) is 22.9. The lowest BCUT2D eigenvalue weighted by atomic mass is 10.1. The summed E-state index contributed by atoms with van der Waals surface area (Å²) in [5, 5.41) is 8.31. The molecule has 164 valence electrons. The molecular formula is C25H25N3O4.